The Morgan fingerprint density at radius 3 is 2.75 bits per heavy atom. The highest BCUT2D eigenvalue weighted by Gasteiger charge is 2.26. The lowest BCUT2D eigenvalue weighted by atomic mass is 9.92. The lowest BCUT2D eigenvalue weighted by molar-refractivity contribution is -0.119. The van der Waals surface area contributed by atoms with Crippen molar-refractivity contribution in [3.63, 3.8) is 0 Å². The number of aromatic nitrogens is 2. The summed E-state index contributed by atoms with van der Waals surface area (Å²) in [4.78, 5) is 12.4. The number of ether oxygens (including phenoxy) is 1. The molecule has 2 aromatic rings. The number of hydrogen-bond donors (Lipinski definition) is 2. The fourth-order valence-electron chi connectivity index (χ4n) is 3.12. The van der Waals surface area contributed by atoms with Crippen molar-refractivity contribution in [2.75, 3.05) is 18.5 Å². The number of amides is 1. The van der Waals surface area contributed by atoms with Gasteiger partial charge in [0.1, 0.15) is 0 Å². The summed E-state index contributed by atoms with van der Waals surface area (Å²) in [5.74, 6) is 0.0327. The summed E-state index contributed by atoms with van der Waals surface area (Å²) in [6.45, 7) is 5.33. The Kier molecular flexibility index (Phi) is 4.97. The number of hydrogen-bond acceptors (Lipinski definition) is 4. The molecule has 1 atom stereocenters. The number of carbonyl (C=O) groups is 1. The molecule has 1 aromatic heterocycles. The van der Waals surface area contributed by atoms with Gasteiger partial charge in [0.15, 0.2) is 0 Å². The van der Waals surface area contributed by atoms with E-state index in [0.717, 1.165) is 35.6 Å². The Balaban J connectivity index is 1.72. The number of nitrogens with two attached hydrogens (primary N) is 1. The Morgan fingerprint density at radius 1 is 1.33 bits per heavy atom. The molecule has 3 N–H and O–H groups in total. The molecule has 24 heavy (non-hydrogen) atoms. The van der Waals surface area contributed by atoms with Crippen LogP contribution in [0.15, 0.2) is 30.3 Å². The van der Waals surface area contributed by atoms with Gasteiger partial charge in [-0.15, -0.1) is 0 Å². The summed E-state index contributed by atoms with van der Waals surface area (Å²) in [6, 6.07) is 9.16. The lowest BCUT2D eigenvalue weighted by Crippen LogP contribution is -2.44. The second kappa shape index (κ2) is 7.15. The lowest BCUT2D eigenvalue weighted by Gasteiger charge is -2.26. The van der Waals surface area contributed by atoms with Crippen LogP contribution in [0.2, 0.25) is 0 Å². The summed E-state index contributed by atoms with van der Waals surface area (Å²) in [5, 5.41) is 7.40. The van der Waals surface area contributed by atoms with Crippen LogP contribution in [0.25, 0.3) is 5.69 Å². The second-order valence-corrected chi connectivity index (χ2v) is 6.35. The summed E-state index contributed by atoms with van der Waals surface area (Å²) in [6.07, 6.45) is 1.67. The number of rotatable bonds is 4. The zero-order valence-electron chi connectivity index (χ0n) is 14.2. The van der Waals surface area contributed by atoms with Gasteiger partial charge in [-0.1, -0.05) is 6.07 Å². The molecule has 0 saturated carbocycles. The van der Waals surface area contributed by atoms with Crippen LogP contribution in [-0.2, 0) is 9.53 Å². The van der Waals surface area contributed by atoms with Crippen LogP contribution < -0.4 is 11.1 Å². The van der Waals surface area contributed by atoms with Crippen molar-refractivity contribution < 1.29 is 9.53 Å². The number of nitrogens with one attached hydrogen (secondary N) is 1. The van der Waals surface area contributed by atoms with Crippen LogP contribution in [0.1, 0.15) is 24.2 Å². The van der Waals surface area contributed by atoms with Crippen LogP contribution in [0.4, 0.5) is 5.69 Å². The number of nitrogens with zero attached hydrogens (tertiary/aromatic N) is 2. The van der Waals surface area contributed by atoms with Gasteiger partial charge in [-0.3, -0.25) is 4.79 Å². The van der Waals surface area contributed by atoms with Crippen molar-refractivity contribution in [1.29, 1.82) is 0 Å². The first-order chi connectivity index (χ1) is 11.5. The van der Waals surface area contributed by atoms with E-state index in [1.54, 1.807) is 0 Å². The molecule has 0 spiro atoms. The maximum atomic E-state index is 12.4. The standard InChI is InChI=1S/C18H24N4O2/c1-12-10-13(2)22(21-12)16-5-3-4-15(11-16)20-18(23)17(19)14-6-8-24-9-7-14/h3-5,10-11,14,17H,6-9,19H2,1-2H3,(H,20,23). The molecule has 0 bridgehead atoms. The Labute approximate surface area is 142 Å². The summed E-state index contributed by atoms with van der Waals surface area (Å²) >= 11 is 0. The maximum absolute atomic E-state index is 12.4. The van der Waals surface area contributed by atoms with Crippen molar-refractivity contribution >= 4 is 11.6 Å². The molecular formula is C18H24N4O2. The van der Waals surface area contributed by atoms with Crippen LogP contribution in [-0.4, -0.2) is 34.9 Å². The van der Waals surface area contributed by atoms with E-state index in [1.165, 1.54) is 0 Å². The minimum absolute atomic E-state index is 0.146. The SMILES string of the molecule is Cc1cc(C)n(-c2cccc(NC(=O)C(N)C3CCOCC3)c2)n1. The largest absolute Gasteiger partial charge is 0.381 e. The van der Waals surface area contributed by atoms with E-state index in [0.29, 0.717) is 13.2 Å². The Hall–Kier alpha value is -2.18. The minimum Gasteiger partial charge on any atom is -0.381 e. The molecular weight excluding hydrogens is 304 g/mol. The summed E-state index contributed by atoms with van der Waals surface area (Å²) in [7, 11) is 0. The van der Waals surface area contributed by atoms with Crippen LogP contribution >= 0.6 is 0 Å². The molecule has 1 fully saturated rings. The van der Waals surface area contributed by atoms with Gasteiger partial charge < -0.3 is 15.8 Å². The van der Waals surface area contributed by atoms with Crippen molar-refractivity contribution in [1.82, 2.24) is 9.78 Å². The predicted molar refractivity (Wildman–Crippen MR) is 93.2 cm³/mol. The third kappa shape index (κ3) is 3.66. The van der Waals surface area contributed by atoms with E-state index in [4.69, 9.17) is 10.5 Å². The van der Waals surface area contributed by atoms with Gasteiger partial charge in [0.05, 0.1) is 17.4 Å². The number of carbonyl (C=O) groups excluding carboxylic acids is 1. The third-order valence-electron chi connectivity index (χ3n) is 4.44. The predicted octanol–water partition coefficient (Wildman–Crippen LogP) is 2.18. The van der Waals surface area contributed by atoms with Crippen molar-refractivity contribution in [3.05, 3.63) is 41.7 Å². The molecule has 2 heterocycles. The smallest absolute Gasteiger partial charge is 0.241 e. The third-order valence-corrected chi connectivity index (χ3v) is 4.44. The molecule has 1 unspecified atom stereocenters. The van der Waals surface area contributed by atoms with E-state index in [9.17, 15) is 4.79 Å². The first-order valence-electron chi connectivity index (χ1n) is 8.32. The van der Waals surface area contributed by atoms with Gasteiger partial charge in [-0.2, -0.15) is 5.10 Å². The van der Waals surface area contributed by atoms with E-state index in [1.807, 2.05) is 48.9 Å². The van der Waals surface area contributed by atoms with E-state index in [-0.39, 0.29) is 11.8 Å². The Bertz CT molecular complexity index is 720. The number of anilines is 1. The average Bonchev–Trinajstić information content (AvgIpc) is 2.93. The molecule has 0 radical (unpaired) electrons. The zero-order chi connectivity index (χ0) is 17.1. The summed E-state index contributed by atoms with van der Waals surface area (Å²) < 4.78 is 7.19. The van der Waals surface area contributed by atoms with Crippen molar-refractivity contribution in [2.45, 2.75) is 32.7 Å². The highest BCUT2D eigenvalue weighted by molar-refractivity contribution is 5.95. The summed E-state index contributed by atoms with van der Waals surface area (Å²) in [5.41, 5.74) is 9.79. The monoisotopic (exact) mass is 328 g/mol. The van der Waals surface area contributed by atoms with Crippen LogP contribution in [0.3, 0.4) is 0 Å². The topological polar surface area (TPSA) is 82.2 Å². The van der Waals surface area contributed by atoms with Gasteiger partial charge in [-0.05, 0) is 56.9 Å². The zero-order valence-corrected chi connectivity index (χ0v) is 14.2. The molecule has 1 amide bonds. The molecule has 3 rings (SSSR count). The normalized spacial score (nSPS) is 16.8. The molecule has 6 nitrogen and oxygen atoms in total. The first kappa shape index (κ1) is 16.7. The van der Waals surface area contributed by atoms with Gasteiger partial charge in [0.25, 0.3) is 0 Å². The fourth-order valence-corrected chi connectivity index (χ4v) is 3.12. The first-order valence-corrected chi connectivity index (χ1v) is 8.32. The number of benzene rings is 1. The molecule has 0 aliphatic carbocycles. The highest BCUT2D eigenvalue weighted by atomic mass is 16.5. The van der Waals surface area contributed by atoms with Gasteiger partial charge in [0, 0.05) is 24.6 Å². The van der Waals surface area contributed by atoms with Crippen molar-refractivity contribution in [2.24, 2.45) is 11.7 Å². The maximum Gasteiger partial charge on any atom is 0.241 e. The van der Waals surface area contributed by atoms with E-state index >= 15 is 0 Å². The molecule has 1 aromatic carbocycles. The Morgan fingerprint density at radius 2 is 2.08 bits per heavy atom. The minimum atomic E-state index is -0.508. The van der Waals surface area contributed by atoms with E-state index < -0.39 is 6.04 Å². The van der Waals surface area contributed by atoms with Crippen molar-refractivity contribution in [3.8, 4) is 5.69 Å². The highest BCUT2D eigenvalue weighted by Crippen LogP contribution is 2.20. The molecule has 1 saturated heterocycles. The quantitative estimate of drug-likeness (QED) is 0.901. The van der Waals surface area contributed by atoms with Crippen LogP contribution in [0.5, 0.6) is 0 Å². The van der Waals surface area contributed by atoms with Gasteiger partial charge in [0.2, 0.25) is 5.91 Å². The fraction of sp³-hybridized carbons (Fsp3) is 0.444. The molecule has 128 valence electrons. The van der Waals surface area contributed by atoms with Crippen LogP contribution in [0, 0.1) is 19.8 Å². The number of aryl methyl sites for hydroxylation is 2. The van der Waals surface area contributed by atoms with E-state index in [2.05, 4.69) is 10.4 Å². The molecule has 6 heteroatoms. The molecule has 1 aliphatic heterocycles. The average molecular weight is 328 g/mol. The van der Waals surface area contributed by atoms with Gasteiger partial charge in [-0.25, -0.2) is 4.68 Å². The molecule has 1 aliphatic rings. The van der Waals surface area contributed by atoms with Gasteiger partial charge >= 0.3 is 0 Å². The second-order valence-electron chi connectivity index (χ2n) is 6.35.